The minimum Gasteiger partial charge on any atom is -0.383 e. The minimum atomic E-state index is -0.532. The standard InChI is InChI=1S/C17H10F2N4O/c18-9-4-11-15-14(5-9)21-7-12(16(15)22-23-17(11)24)10-2-1-8(6-20)3-13(10)19/h1-5,12,21H,7H2,(H,23,24). The molecule has 0 spiro atoms. The van der Waals surface area contributed by atoms with E-state index in [0.717, 1.165) is 6.07 Å². The van der Waals surface area contributed by atoms with Gasteiger partial charge in [0.1, 0.15) is 11.6 Å². The molecule has 5 nitrogen and oxygen atoms in total. The van der Waals surface area contributed by atoms with Crippen molar-refractivity contribution in [2.24, 2.45) is 0 Å². The Balaban J connectivity index is 1.97. The van der Waals surface area contributed by atoms with Gasteiger partial charge in [-0.2, -0.15) is 10.4 Å². The molecule has 0 bridgehead atoms. The molecule has 4 rings (SSSR count). The van der Waals surface area contributed by atoms with Gasteiger partial charge in [-0.15, -0.1) is 0 Å². The lowest BCUT2D eigenvalue weighted by Crippen LogP contribution is -2.25. The highest BCUT2D eigenvalue weighted by molar-refractivity contribution is 5.97. The Morgan fingerprint density at radius 2 is 2.08 bits per heavy atom. The van der Waals surface area contributed by atoms with Crippen molar-refractivity contribution in [1.29, 1.82) is 5.26 Å². The van der Waals surface area contributed by atoms with Gasteiger partial charge in [0.15, 0.2) is 0 Å². The normalized spacial score (nSPS) is 15.8. The summed E-state index contributed by atoms with van der Waals surface area (Å²) in [5.41, 5.74) is 1.02. The Kier molecular flexibility index (Phi) is 3.06. The van der Waals surface area contributed by atoms with Crippen LogP contribution in [0, 0.1) is 23.0 Å². The molecule has 1 aromatic heterocycles. The molecule has 1 aliphatic heterocycles. The third-order valence-corrected chi connectivity index (χ3v) is 4.21. The number of H-pyrrole nitrogens is 1. The fraction of sp³-hybridized carbons (Fsp3) is 0.118. The van der Waals surface area contributed by atoms with Crippen LogP contribution in [-0.2, 0) is 0 Å². The second-order valence-electron chi connectivity index (χ2n) is 5.60. The molecule has 0 saturated heterocycles. The van der Waals surface area contributed by atoms with E-state index in [1.54, 1.807) is 0 Å². The molecule has 0 saturated carbocycles. The Bertz CT molecular complexity index is 1080. The maximum Gasteiger partial charge on any atom is 0.272 e. The van der Waals surface area contributed by atoms with Gasteiger partial charge in [0.05, 0.1) is 22.7 Å². The summed E-state index contributed by atoms with van der Waals surface area (Å²) in [7, 11) is 0. The molecule has 0 radical (unpaired) electrons. The Morgan fingerprint density at radius 1 is 1.25 bits per heavy atom. The van der Waals surface area contributed by atoms with Gasteiger partial charge >= 0.3 is 0 Å². The van der Waals surface area contributed by atoms with Gasteiger partial charge in [0, 0.05) is 23.5 Å². The van der Waals surface area contributed by atoms with Crippen molar-refractivity contribution >= 4 is 16.5 Å². The van der Waals surface area contributed by atoms with Gasteiger partial charge < -0.3 is 5.32 Å². The van der Waals surface area contributed by atoms with Gasteiger partial charge in [-0.25, -0.2) is 13.9 Å². The van der Waals surface area contributed by atoms with Crippen molar-refractivity contribution in [2.45, 2.75) is 5.92 Å². The molecule has 2 aromatic carbocycles. The van der Waals surface area contributed by atoms with E-state index < -0.39 is 23.1 Å². The van der Waals surface area contributed by atoms with Gasteiger partial charge in [-0.05, 0) is 29.8 Å². The maximum atomic E-state index is 14.4. The molecular formula is C17H10F2N4O. The van der Waals surface area contributed by atoms with E-state index in [-0.39, 0.29) is 10.9 Å². The molecule has 2 heterocycles. The van der Waals surface area contributed by atoms with Crippen molar-refractivity contribution in [2.75, 3.05) is 11.9 Å². The first-order valence-electron chi connectivity index (χ1n) is 7.23. The topological polar surface area (TPSA) is 81.6 Å². The second kappa shape index (κ2) is 5.13. The molecule has 7 heteroatoms. The fourth-order valence-corrected chi connectivity index (χ4v) is 3.13. The van der Waals surface area contributed by atoms with Crippen LogP contribution in [0.2, 0.25) is 0 Å². The number of hydrogen-bond acceptors (Lipinski definition) is 4. The van der Waals surface area contributed by atoms with Gasteiger partial charge in [0.25, 0.3) is 5.56 Å². The molecular weight excluding hydrogens is 314 g/mol. The zero-order chi connectivity index (χ0) is 16.8. The zero-order valence-electron chi connectivity index (χ0n) is 12.2. The van der Waals surface area contributed by atoms with E-state index in [0.29, 0.717) is 28.9 Å². The first kappa shape index (κ1) is 14.3. The molecule has 0 aliphatic carbocycles. The summed E-state index contributed by atoms with van der Waals surface area (Å²) in [6, 6.07) is 8.55. The summed E-state index contributed by atoms with van der Waals surface area (Å²) in [5, 5.41) is 19.0. The predicted molar refractivity (Wildman–Crippen MR) is 83.8 cm³/mol. The molecule has 1 unspecified atom stereocenters. The van der Waals surface area contributed by atoms with E-state index in [1.807, 2.05) is 6.07 Å². The van der Waals surface area contributed by atoms with Crippen LogP contribution >= 0.6 is 0 Å². The summed E-state index contributed by atoms with van der Waals surface area (Å²) >= 11 is 0. The molecule has 0 fully saturated rings. The molecule has 118 valence electrons. The highest BCUT2D eigenvalue weighted by atomic mass is 19.1. The largest absolute Gasteiger partial charge is 0.383 e. The second-order valence-corrected chi connectivity index (χ2v) is 5.60. The molecule has 1 atom stereocenters. The first-order chi connectivity index (χ1) is 11.6. The van der Waals surface area contributed by atoms with Crippen LogP contribution < -0.4 is 10.9 Å². The van der Waals surface area contributed by atoms with E-state index in [4.69, 9.17) is 5.26 Å². The number of anilines is 1. The quantitative estimate of drug-likeness (QED) is 0.721. The van der Waals surface area contributed by atoms with Crippen LogP contribution in [0.1, 0.15) is 22.7 Å². The van der Waals surface area contributed by atoms with Crippen LogP contribution in [0.4, 0.5) is 14.5 Å². The fourth-order valence-electron chi connectivity index (χ4n) is 3.13. The monoisotopic (exact) mass is 324 g/mol. The van der Waals surface area contributed by atoms with E-state index in [2.05, 4.69) is 15.5 Å². The van der Waals surface area contributed by atoms with Crippen molar-refractivity contribution in [3.63, 3.8) is 0 Å². The van der Waals surface area contributed by atoms with Crippen LogP contribution in [-0.4, -0.2) is 16.7 Å². The van der Waals surface area contributed by atoms with E-state index in [1.165, 1.54) is 24.3 Å². The van der Waals surface area contributed by atoms with Crippen LogP contribution in [0.15, 0.2) is 35.1 Å². The number of hydrogen-bond donors (Lipinski definition) is 2. The smallest absolute Gasteiger partial charge is 0.272 e. The number of halogens is 2. The molecule has 3 aromatic rings. The number of benzene rings is 2. The van der Waals surface area contributed by atoms with Gasteiger partial charge in [0.2, 0.25) is 0 Å². The number of aromatic nitrogens is 2. The summed E-state index contributed by atoms with van der Waals surface area (Å²) in [6.07, 6.45) is 0. The minimum absolute atomic E-state index is 0.168. The predicted octanol–water partition coefficient (Wildman–Crippen LogP) is 2.63. The van der Waals surface area contributed by atoms with Crippen molar-refractivity contribution in [1.82, 2.24) is 10.2 Å². The Hall–Kier alpha value is -3.27. The van der Waals surface area contributed by atoms with Crippen LogP contribution in [0.5, 0.6) is 0 Å². The van der Waals surface area contributed by atoms with Gasteiger partial charge in [-0.3, -0.25) is 4.79 Å². The average Bonchev–Trinajstić information content (AvgIpc) is 2.58. The number of nitrogens with zero attached hydrogens (tertiary/aromatic N) is 2. The van der Waals surface area contributed by atoms with Crippen molar-refractivity contribution in [3.8, 4) is 6.07 Å². The summed E-state index contributed by atoms with van der Waals surface area (Å²) in [6.45, 7) is 0.299. The van der Waals surface area contributed by atoms with Crippen molar-refractivity contribution in [3.05, 3.63) is 69.1 Å². The number of rotatable bonds is 1. The maximum absolute atomic E-state index is 14.4. The molecule has 0 amide bonds. The highest BCUT2D eigenvalue weighted by Crippen LogP contribution is 2.37. The third kappa shape index (κ3) is 2.04. The van der Waals surface area contributed by atoms with Crippen LogP contribution in [0.25, 0.3) is 10.8 Å². The number of nitrogens with one attached hydrogen (secondary N) is 2. The third-order valence-electron chi connectivity index (χ3n) is 4.21. The first-order valence-corrected chi connectivity index (χ1v) is 7.23. The highest BCUT2D eigenvalue weighted by Gasteiger charge is 2.28. The van der Waals surface area contributed by atoms with Crippen molar-refractivity contribution < 1.29 is 8.78 Å². The van der Waals surface area contributed by atoms with E-state index >= 15 is 0 Å². The van der Waals surface area contributed by atoms with E-state index in [9.17, 15) is 13.6 Å². The number of nitriles is 1. The molecule has 24 heavy (non-hydrogen) atoms. The lowest BCUT2D eigenvalue weighted by molar-refractivity contribution is 0.594. The Labute approximate surface area is 134 Å². The molecule has 1 aliphatic rings. The van der Waals surface area contributed by atoms with Gasteiger partial charge in [-0.1, -0.05) is 6.07 Å². The summed E-state index contributed by atoms with van der Waals surface area (Å²) in [5.74, 6) is -1.52. The number of aromatic amines is 1. The molecule has 2 N–H and O–H groups in total. The summed E-state index contributed by atoms with van der Waals surface area (Å²) < 4.78 is 28.1. The summed E-state index contributed by atoms with van der Waals surface area (Å²) in [4.78, 5) is 11.9. The lowest BCUT2D eigenvalue weighted by atomic mass is 9.88. The van der Waals surface area contributed by atoms with Crippen LogP contribution in [0.3, 0.4) is 0 Å². The lowest BCUT2D eigenvalue weighted by Gasteiger charge is -2.26. The zero-order valence-corrected chi connectivity index (χ0v) is 12.2. The Morgan fingerprint density at radius 3 is 2.83 bits per heavy atom. The SMILES string of the molecule is N#Cc1ccc(C2CNc3cc(F)cc4c(=O)[nH]nc2c34)c(F)c1. The average molecular weight is 324 g/mol.